The van der Waals surface area contributed by atoms with Crippen LogP contribution < -0.4 is 14.8 Å². The van der Waals surface area contributed by atoms with E-state index in [0.717, 1.165) is 10.0 Å². The van der Waals surface area contributed by atoms with E-state index in [2.05, 4.69) is 21.2 Å². The minimum Gasteiger partial charge on any atom is -0.454 e. The fourth-order valence-electron chi connectivity index (χ4n) is 2.18. The smallest absolute Gasteiger partial charge is 0.251 e. The molecule has 4 nitrogen and oxygen atoms in total. The molecule has 2 aromatic rings. The molecule has 1 aliphatic rings. The van der Waals surface area contributed by atoms with Crippen LogP contribution in [0.15, 0.2) is 46.9 Å². The zero-order valence-corrected chi connectivity index (χ0v) is 13.0. The Morgan fingerprint density at radius 1 is 1.19 bits per heavy atom. The van der Waals surface area contributed by atoms with Crippen LogP contribution in [0.2, 0.25) is 0 Å². The highest BCUT2D eigenvalue weighted by molar-refractivity contribution is 9.10. The molecule has 0 aromatic heterocycles. The summed E-state index contributed by atoms with van der Waals surface area (Å²) in [6.07, 6.45) is 0. The molecule has 5 heteroatoms. The molecule has 0 spiro atoms. The van der Waals surface area contributed by atoms with Crippen molar-refractivity contribution in [2.75, 3.05) is 6.79 Å². The molecule has 0 aliphatic carbocycles. The summed E-state index contributed by atoms with van der Waals surface area (Å²) in [4.78, 5) is 12.3. The van der Waals surface area contributed by atoms with E-state index in [-0.39, 0.29) is 18.7 Å². The van der Waals surface area contributed by atoms with Gasteiger partial charge in [-0.15, -0.1) is 0 Å². The molecule has 1 unspecified atom stereocenters. The first-order valence-electron chi connectivity index (χ1n) is 6.59. The lowest BCUT2D eigenvalue weighted by Crippen LogP contribution is -2.26. The van der Waals surface area contributed by atoms with Crippen LogP contribution in [-0.4, -0.2) is 12.7 Å². The van der Waals surface area contributed by atoms with Crippen LogP contribution in [0.5, 0.6) is 11.5 Å². The molecule has 0 saturated carbocycles. The Bertz CT molecular complexity index is 687. The van der Waals surface area contributed by atoms with Gasteiger partial charge in [-0.3, -0.25) is 4.79 Å². The maximum atomic E-state index is 12.3. The number of amides is 1. The van der Waals surface area contributed by atoms with Crippen LogP contribution in [0.3, 0.4) is 0 Å². The standard InChI is InChI=1S/C16H14BrNO3/c1-10(11-3-2-4-13(17)7-11)18-16(19)12-5-6-14-15(8-12)21-9-20-14/h2-8,10H,9H2,1H3,(H,18,19). The summed E-state index contributed by atoms with van der Waals surface area (Å²) >= 11 is 3.43. The zero-order valence-electron chi connectivity index (χ0n) is 11.4. The van der Waals surface area contributed by atoms with Crippen molar-refractivity contribution in [1.82, 2.24) is 5.32 Å². The zero-order chi connectivity index (χ0) is 14.8. The minimum atomic E-state index is -0.138. The SMILES string of the molecule is CC(NC(=O)c1ccc2c(c1)OCO2)c1cccc(Br)c1. The maximum Gasteiger partial charge on any atom is 0.251 e. The molecule has 108 valence electrons. The largest absolute Gasteiger partial charge is 0.454 e. The van der Waals surface area contributed by atoms with E-state index in [0.29, 0.717) is 17.1 Å². The summed E-state index contributed by atoms with van der Waals surface area (Å²) in [6, 6.07) is 13.0. The van der Waals surface area contributed by atoms with Crippen LogP contribution in [0.1, 0.15) is 28.9 Å². The number of carbonyl (C=O) groups excluding carboxylic acids is 1. The average molecular weight is 348 g/mol. The van der Waals surface area contributed by atoms with Crippen molar-refractivity contribution < 1.29 is 14.3 Å². The van der Waals surface area contributed by atoms with E-state index < -0.39 is 0 Å². The lowest BCUT2D eigenvalue weighted by atomic mass is 10.1. The lowest BCUT2D eigenvalue weighted by molar-refractivity contribution is 0.0939. The van der Waals surface area contributed by atoms with Gasteiger partial charge in [0.15, 0.2) is 11.5 Å². The fourth-order valence-corrected chi connectivity index (χ4v) is 2.59. The van der Waals surface area contributed by atoms with Gasteiger partial charge in [0.1, 0.15) is 0 Å². The highest BCUT2D eigenvalue weighted by Crippen LogP contribution is 2.32. The molecule has 21 heavy (non-hydrogen) atoms. The Morgan fingerprint density at radius 3 is 2.81 bits per heavy atom. The fraction of sp³-hybridized carbons (Fsp3) is 0.188. The molecule has 0 bridgehead atoms. The molecule has 0 fully saturated rings. The molecule has 2 aromatic carbocycles. The monoisotopic (exact) mass is 347 g/mol. The Labute approximate surface area is 131 Å². The first kappa shape index (κ1) is 13.9. The number of carbonyl (C=O) groups is 1. The molecule has 3 rings (SSSR count). The van der Waals surface area contributed by atoms with Gasteiger partial charge in [-0.2, -0.15) is 0 Å². The normalized spacial score (nSPS) is 13.8. The van der Waals surface area contributed by atoms with Crippen molar-refractivity contribution in [2.45, 2.75) is 13.0 Å². The van der Waals surface area contributed by atoms with Crippen LogP contribution >= 0.6 is 15.9 Å². The van der Waals surface area contributed by atoms with Gasteiger partial charge >= 0.3 is 0 Å². The summed E-state index contributed by atoms with van der Waals surface area (Å²) in [7, 11) is 0. The molecule has 1 N–H and O–H groups in total. The molecule has 1 atom stereocenters. The van der Waals surface area contributed by atoms with Crippen molar-refractivity contribution in [3.63, 3.8) is 0 Å². The van der Waals surface area contributed by atoms with E-state index >= 15 is 0 Å². The summed E-state index contributed by atoms with van der Waals surface area (Å²) in [6.45, 7) is 2.15. The Morgan fingerprint density at radius 2 is 2.00 bits per heavy atom. The third-order valence-corrected chi connectivity index (χ3v) is 3.82. The second kappa shape index (κ2) is 5.77. The van der Waals surface area contributed by atoms with Gasteiger partial charge in [0.05, 0.1) is 6.04 Å². The summed E-state index contributed by atoms with van der Waals surface area (Å²) in [5.41, 5.74) is 1.60. The second-order valence-electron chi connectivity index (χ2n) is 4.82. The van der Waals surface area contributed by atoms with Crippen LogP contribution in [-0.2, 0) is 0 Å². The van der Waals surface area contributed by atoms with Gasteiger partial charge in [-0.1, -0.05) is 28.1 Å². The highest BCUT2D eigenvalue weighted by Gasteiger charge is 2.17. The number of fused-ring (bicyclic) bond motifs is 1. The second-order valence-corrected chi connectivity index (χ2v) is 5.73. The van der Waals surface area contributed by atoms with E-state index in [9.17, 15) is 4.79 Å². The first-order chi connectivity index (χ1) is 10.1. The van der Waals surface area contributed by atoms with Crippen LogP contribution in [0, 0.1) is 0 Å². The van der Waals surface area contributed by atoms with Gasteiger partial charge in [-0.25, -0.2) is 0 Å². The summed E-state index contributed by atoms with van der Waals surface area (Å²) in [5, 5.41) is 2.97. The number of hydrogen-bond acceptors (Lipinski definition) is 3. The average Bonchev–Trinajstić information content (AvgIpc) is 2.94. The van der Waals surface area contributed by atoms with E-state index in [1.807, 2.05) is 31.2 Å². The summed E-state index contributed by atoms with van der Waals surface area (Å²) in [5.74, 6) is 1.14. The van der Waals surface area contributed by atoms with Gasteiger partial charge in [0.2, 0.25) is 6.79 Å². The molecular weight excluding hydrogens is 334 g/mol. The lowest BCUT2D eigenvalue weighted by Gasteiger charge is -2.15. The Kier molecular flexibility index (Phi) is 3.84. The van der Waals surface area contributed by atoms with E-state index in [1.165, 1.54) is 0 Å². The van der Waals surface area contributed by atoms with Gasteiger partial charge in [0.25, 0.3) is 5.91 Å². The molecule has 0 saturated heterocycles. The molecule has 1 aliphatic heterocycles. The number of halogens is 1. The first-order valence-corrected chi connectivity index (χ1v) is 7.39. The topological polar surface area (TPSA) is 47.6 Å². The van der Waals surface area contributed by atoms with Crippen molar-refractivity contribution in [2.24, 2.45) is 0 Å². The molecule has 0 radical (unpaired) electrons. The maximum absolute atomic E-state index is 12.3. The van der Waals surface area contributed by atoms with Crippen molar-refractivity contribution >= 4 is 21.8 Å². The van der Waals surface area contributed by atoms with Gasteiger partial charge in [-0.05, 0) is 42.8 Å². The number of rotatable bonds is 3. The van der Waals surface area contributed by atoms with Gasteiger partial charge < -0.3 is 14.8 Å². The number of hydrogen-bond donors (Lipinski definition) is 1. The molecule has 1 heterocycles. The quantitative estimate of drug-likeness (QED) is 0.921. The number of benzene rings is 2. The molecule has 1 amide bonds. The highest BCUT2D eigenvalue weighted by atomic mass is 79.9. The van der Waals surface area contributed by atoms with E-state index in [4.69, 9.17) is 9.47 Å². The molecular formula is C16H14BrNO3. The van der Waals surface area contributed by atoms with Crippen LogP contribution in [0.4, 0.5) is 0 Å². The summed E-state index contributed by atoms with van der Waals surface area (Å²) < 4.78 is 11.5. The van der Waals surface area contributed by atoms with Crippen molar-refractivity contribution in [3.8, 4) is 11.5 Å². The predicted molar refractivity (Wildman–Crippen MR) is 82.6 cm³/mol. The van der Waals surface area contributed by atoms with Gasteiger partial charge in [0, 0.05) is 10.0 Å². The Hall–Kier alpha value is -2.01. The van der Waals surface area contributed by atoms with Crippen molar-refractivity contribution in [1.29, 1.82) is 0 Å². The number of ether oxygens (including phenoxy) is 2. The predicted octanol–water partition coefficient (Wildman–Crippen LogP) is 3.67. The third kappa shape index (κ3) is 3.03. The number of nitrogens with one attached hydrogen (secondary N) is 1. The van der Waals surface area contributed by atoms with Crippen LogP contribution in [0.25, 0.3) is 0 Å². The minimum absolute atomic E-state index is 0.0829. The van der Waals surface area contributed by atoms with Crippen molar-refractivity contribution in [3.05, 3.63) is 58.1 Å². The van der Waals surface area contributed by atoms with E-state index in [1.54, 1.807) is 18.2 Å². The third-order valence-electron chi connectivity index (χ3n) is 3.33. The Balaban J connectivity index is 1.74.